The lowest BCUT2D eigenvalue weighted by molar-refractivity contribution is 0.0948. The minimum Gasteiger partial charge on any atom is -0.465 e. The van der Waals surface area contributed by atoms with E-state index in [-0.39, 0.29) is 5.91 Å². The van der Waals surface area contributed by atoms with Gasteiger partial charge in [0.15, 0.2) is 0 Å². The summed E-state index contributed by atoms with van der Waals surface area (Å²) < 4.78 is 5.46. The van der Waals surface area contributed by atoms with E-state index in [1.807, 2.05) is 61.5 Å². The molecule has 150 valence electrons. The summed E-state index contributed by atoms with van der Waals surface area (Å²) >= 11 is 0. The fourth-order valence-corrected chi connectivity index (χ4v) is 3.01. The summed E-state index contributed by atoms with van der Waals surface area (Å²) in [5.74, 6) is 2.12. The first-order valence-corrected chi connectivity index (χ1v) is 9.73. The molecule has 0 unspecified atom stereocenters. The number of nitrogens with zero attached hydrogens (tertiary/aromatic N) is 2. The van der Waals surface area contributed by atoms with E-state index in [9.17, 15) is 4.79 Å². The molecule has 2 aromatic heterocycles. The van der Waals surface area contributed by atoms with Gasteiger partial charge in [-0.15, -0.1) is 10.2 Å². The van der Waals surface area contributed by atoms with Crippen LogP contribution in [0.3, 0.4) is 0 Å². The third kappa shape index (κ3) is 4.91. The monoisotopic (exact) mass is 398 g/mol. The number of furan rings is 1. The molecule has 0 aliphatic rings. The third-order valence-corrected chi connectivity index (χ3v) is 4.64. The number of hydrogen-bond donors (Lipinski definition) is 2. The standard InChI is InChI=1S/C24H22N4O2/c1-17-7-12-21(30-17)16-26-24(29)20-10-8-19(9-11-20)22-13-14-23(28-27-22)25-15-18-5-3-2-4-6-18/h2-14H,15-16H2,1H3,(H,25,28)(H,26,29). The number of carbonyl (C=O) groups excluding carboxylic acids is 1. The highest BCUT2D eigenvalue weighted by molar-refractivity contribution is 5.94. The molecule has 30 heavy (non-hydrogen) atoms. The van der Waals surface area contributed by atoms with Gasteiger partial charge >= 0.3 is 0 Å². The first-order chi connectivity index (χ1) is 14.7. The molecule has 0 spiro atoms. The van der Waals surface area contributed by atoms with Gasteiger partial charge < -0.3 is 15.1 Å². The Kier molecular flexibility index (Phi) is 5.85. The summed E-state index contributed by atoms with van der Waals surface area (Å²) in [5, 5.41) is 14.6. The van der Waals surface area contributed by atoms with Crippen LogP contribution in [-0.2, 0) is 13.1 Å². The van der Waals surface area contributed by atoms with Crippen LogP contribution in [-0.4, -0.2) is 16.1 Å². The molecule has 0 saturated carbocycles. The summed E-state index contributed by atoms with van der Waals surface area (Å²) in [6, 6.07) is 25.0. The Labute approximate surface area is 175 Å². The highest BCUT2D eigenvalue weighted by Crippen LogP contribution is 2.18. The van der Waals surface area contributed by atoms with E-state index in [0.717, 1.165) is 22.8 Å². The van der Waals surface area contributed by atoms with Gasteiger partial charge in [0.1, 0.15) is 17.3 Å². The van der Waals surface area contributed by atoms with Gasteiger partial charge in [-0.25, -0.2) is 0 Å². The highest BCUT2D eigenvalue weighted by atomic mass is 16.3. The Balaban J connectivity index is 1.34. The molecule has 0 aliphatic heterocycles. The maximum atomic E-state index is 12.3. The van der Waals surface area contributed by atoms with Crippen LogP contribution in [0.15, 0.2) is 83.3 Å². The third-order valence-electron chi connectivity index (χ3n) is 4.64. The van der Waals surface area contributed by atoms with Crippen LogP contribution in [0.2, 0.25) is 0 Å². The van der Waals surface area contributed by atoms with Crippen LogP contribution in [0.4, 0.5) is 5.82 Å². The second-order valence-electron chi connectivity index (χ2n) is 6.92. The Morgan fingerprint density at radius 3 is 2.33 bits per heavy atom. The maximum Gasteiger partial charge on any atom is 0.251 e. The smallest absolute Gasteiger partial charge is 0.251 e. The average Bonchev–Trinajstić information content (AvgIpc) is 3.22. The number of carbonyl (C=O) groups is 1. The second kappa shape index (κ2) is 9.05. The lowest BCUT2D eigenvalue weighted by atomic mass is 10.1. The summed E-state index contributed by atoms with van der Waals surface area (Å²) in [4.78, 5) is 12.3. The van der Waals surface area contributed by atoms with E-state index in [2.05, 4.69) is 33.0 Å². The quantitative estimate of drug-likeness (QED) is 0.476. The Bertz CT molecular complexity index is 1100. The summed E-state index contributed by atoms with van der Waals surface area (Å²) in [5.41, 5.74) is 3.41. The number of hydrogen-bond acceptors (Lipinski definition) is 5. The highest BCUT2D eigenvalue weighted by Gasteiger charge is 2.08. The van der Waals surface area contributed by atoms with Gasteiger partial charge in [-0.3, -0.25) is 4.79 Å². The molecular formula is C24H22N4O2. The number of amides is 1. The fourth-order valence-electron chi connectivity index (χ4n) is 3.01. The van der Waals surface area contributed by atoms with Crippen molar-refractivity contribution < 1.29 is 9.21 Å². The zero-order chi connectivity index (χ0) is 20.8. The van der Waals surface area contributed by atoms with Crippen molar-refractivity contribution in [1.29, 1.82) is 0 Å². The van der Waals surface area contributed by atoms with Crippen LogP contribution in [0.1, 0.15) is 27.4 Å². The van der Waals surface area contributed by atoms with Crippen molar-refractivity contribution in [3.63, 3.8) is 0 Å². The Morgan fingerprint density at radius 1 is 0.867 bits per heavy atom. The molecule has 0 aliphatic carbocycles. The summed E-state index contributed by atoms with van der Waals surface area (Å²) in [6.45, 7) is 2.92. The largest absolute Gasteiger partial charge is 0.465 e. The van der Waals surface area contributed by atoms with Crippen molar-refractivity contribution >= 4 is 11.7 Å². The van der Waals surface area contributed by atoms with Crippen LogP contribution in [0.5, 0.6) is 0 Å². The molecule has 4 aromatic rings. The lowest BCUT2D eigenvalue weighted by Gasteiger charge is -2.07. The SMILES string of the molecule is Cc1ccc(CNC(=O)c2ccc(-c3ccc(NCc4ccccc4)nn3)cc2)o1. The van der Waals surface area contributed by atoms with Crippen molar-refractivity contribution in [2.24, 2.45) is 0 Å². The van der Waals surface area contributed by atoms with E-state index < -0.39 is 0 Å². The molecule has 6 nitrogen and oxygen atoms in total. The molecule has 2 N–H and O–H groups in total. The van der Waals surface area contributed by atoms with Crippen molar-refractivity contribution in [2.75, 3.05) is 5.32 Å². The number of nitrogens with one attached hydrogen (secondary N) is 2. The van der Waals surface area contributed by atoms with Crippen LogP contribution in [0, 0.1) is 6.92 Å². The number of rotatable bonds is 7. The second-order valence-corrected chi connectivity index (χ2v) is 6.92. The van der Waals surface area contributed by atoms with Crippen LogP contribution >= 0.6 is 0 Å². The minimum absolute atomic E-state index is 0.151. The molecule has 2 heterocycles. The molecular weight excluding hydrogens is 376 g/mol. The molecule has 0 bridgehead atoms. The number of anilines is 1. The maximum absolute atomic E-state index is 12.3. The van der Waals surface area contributed by atoms with E-state index >= 15 is 0 Å². The molecule has 4 rings (SSSR count). The van der Waals surface area contributed by atoms with Gasteiger partial charge in [0.05, 0.1) is 12.2 Å². The first-order valence-electron chi connectivity index (χ1n) is 9.73. The lowest BCUT2D eigenvalue weighted by Crippen LogP contribution is -2.22. The Morgan fingerprint density at radius 2 is 1.67 bits per heavy atom. The summed E-state index contributed by atoms with van der Waals surface area (Å²) in [6.07, 6.45) is 0. The van der Waals surface area contributed by atoms with E-state index in [0.29, 0.717) is 24.5 Å². The van der Waals surface area contributed by atoms with Gasteiger partial charge in [-0.1, -0.05) is 42.5 Å². The average molecular weight is 398 g/mol. The van der Waals surface area contributed by atoms with Crippen molar-refractivity contribution in [3.05, 3.63) is 102 Å². The van der Waals surface area contributed by atoms with Gasteiger partial charge in [0.25, 0.3) is 5.91 Å². The zero-order valence-corrected chi connectivity index (χ0v) is 16.6. The van der Waals surface area contributed by atoms with Gasteiger partial charge in [-0.2, -0.15) is 0 Å². The van der Waals surface area contributed by atoms with E-state index in [4.69, 9.17) is 4.42 Å². The normalized spacial score (nSPS) is 10.6. The first kappa shape index (κ1) is 19.4. The molecule has 0 fully saturated rings. The fraction of sp³-hybridized carbons (Fsp3) is 0.125. The number of aryl methyl sites for hydroxylation is 1. The molecule has 1 amide bonds. The molecule has 0 radical (unpaired) electrons. The molecule has 2 aromatic carbocycles. The van der Waals surface area contributed by atoms with Crippen LogP contribution in [0.25, 0.3) is 11.3 Å². The van der Waals surface area contributed by atoms with Gasteiger partial charge in [-0.05, 0) is 48.9 Å². The topological polar surface area (TPSA) is 80.0 Å². The van der Waals surface area contributed by atoms with E-state index in [1.165, 1.54) is 5.56 Å². The molecule has 6 heteroatoms. The Hall–Kier alpha value is -3.93. The van der Waals surface area contributed by atoms with Crippen LogP contribution < -0.4 is 10.6 Å². The van der Waals surface area contributed by atoms with Gasteiger partial charge in [0, 0.05) is 17.7 Å². The minimum atomic E-state index is -0.151. The van der Waals surface area contributed by atoms with Crippen molar-refractivity contribution in [1.82, 2.24) is 15.5 Å². The van der Waals surface area contributed by atoms with E-state index in [1.54, 1.807) is 12.1 Å². The predicted molar refractivity (Wildman–Crippen MR) is 116 cm³/mol. The number of aromatic nitrogens is 2. The predicted octanol–water partition coefficient (Wildman–Crippen LogP) is 4.59. The number of benzene rings is 2. The molecule has 0 atom stereocenters. The zero-order valence-electron chi connectivity index (χ0n) is 16.6. The van der Waals surface area contributed by atoms with Crippen molar-refractivity contribution in [3.8, 4) is 11.3 Å². The van der Waals surface area contributed by atoms with Gasteiger partial charge in [0.2, 0.25) is 0 Å². The molecule has 0 saturated heterocycles. The summed E-state index contributed by atoms with van der Waals surface area (Å²) in [7, 11) is 0. The van der Waals surface area contributed by atoms with Crippen molar-refractivity contribution in [2.45, 2.75) is 20.0 Å².